The average molecular weight is 650 g/mol. The molecule has 0 bridgehead atoms. The minimum absolute atomic E-state index is 0.209. The Morgan fingerprint density at radius 1 is 0.714 bits per heavy atom. The lowest BCUT2D eigenvalue weighted by Gasteiger charge is -2.41. The Hall–Kier alpha value is -4.06. The Kier molecular flexibility index (Phi) is 11.2. The van der Waals surface area contributed by atoms with Crippen molar-refractivity contribution >= 4 is 45.6 Å². The largest absolute Gasteiger partial charge is 0.466 e. The number of hydrogen-bond donors (Lipinski definition) is 0. The van der Waals surface area contributed by atoms with Crippen LogP contribution >= 0.6 is 15.9 Å². The van der Waals surface area contributed by atoms with E-state index in [1.807, 2.05) is 51.3 Å². The van der Waals surface area contributed by atoms with Gasteiger partial charge in [0.1, 0.15) is 17.0 Å². The third-order valence-corrected chi connectivity index (χ3v) is 6.43. The first-order valence-electron chi connectivity index (χ1n) is 12.8. The standard InChI is InChI=1S/C30H37BrN2O9/c1-29(2,3)32-15-16-33(30(4,5)6)25(32)23(28(37)41-10)22(27(36)40-9)24(18-11-13-19(31)14-12-18)42-20(26(35)39-8)17-21(34)38-7/h11-17H,1-10H3/b20-17+,24-22+. The van der Waals surface area contributed by atoms with Crippen LogP contribution in [0.1, 0.15) is 47.1 Å². The van der Waals surface area contributed by atoms with Crippen LogP contribution in [0.4, 0.5) is 0 Å². The topological polar surface area (TPSA) is 121 Å². The molecule has 42 heavy (non-hydrogen) atoms. The van der Waals surface area contributed by atoms with Crippen LogP contribution < -0.4 is 0 Å². The predicted octanol–water partition coefficient (Wildman–Crippen LogP) is 4.65. The number of halogens is 1. The maximum atomic E-state index is 13.7. The molecular weight excluding hydrogens is 612 g/mol. The zero-order valence-electron chi connectivity index (χ0n) is 25.5. The minimum atomic E-state index is -1.04. The number of benzene rings is 1. The molecule has 0 saturated heterocycles. The first-order chi connectivity index (χ1) is 19.5. The average Bonchev–Trinajstić information content (AvgIpc) is 3.39. The smallest absolute Gasteiger partial charge is 0.374 e. The molecule has 0 unspecified atom stereocenters. The highest BCUT2D eigenvalue weighted by Crippen LogP contribution is 2.40. The number of esters is 4. The Bertz CT molecular complexity index is 1320. The van der Waals surface area contributed by atoms with Crippen molar-refractivity contribution in [2.75, 3.05) is 28.4 Å². The fraction of sp³-hybridized carbons (Fsp3) is 0.400. The summed E-state index contributed by atoms with van der Waals surface area (Å²) < 4.78 is 26.6. The van der Waals surface area contributed by atoms with Gasteiger partial charge in [-0.1, -0.05) is 28.1 Å². The van der Waals surface area contributed by atoms with E-state index < -0.39 is 40.7 Å². The molecule has 0 atom stereocenters. The molecule has 1 aromatic carbocycles. The molecule has 1 aliphatic heterocycles. The quantitative estimate of drug-likeness (QED) is 0.169. The van der Waals surface area contributed by atoms with Crippen molar-refractivity contribution in [2.24, 2.45) is 0 Å². The molecule has 0 fully saturated rings. The maximum Gasteiger partial charge on any atom is 0.374 e. The second kappa shape index (κ2) is 13.7. The normalized spacial score (nSPS) is 14.3. The molecule has 1 aromatic rings. The van der Waals surface area contributed by atoms with Gasteiger partial charge in [0.15, 0.2) is 5.76 Å². The minimum Gasteiger partial charge on any atom is -0.466 e. The van der Waals surface area contributed by atoms with E-state index in [1.54, 1.807) is 36.7 Å². The highest BCUT2D eigenvalue weighted by Gasteiger charge is 2.42. The molecule has 1 aliphatic rings. The van der Waals surface area contributed by atoms with Crippen molar-refractivity contribution in [2.45, 2.75) is 52.6 Å². The number of methoxy groups -OCH3 is 4. The molecule has 0 aromatic heterocycles. The van der Waals surface area contributed by atoms with E-state index in [0.717, 1.165) is 27.4 Å². The van der Waals surface area contributed by atoms with Crippen molar-refractivity contribution in [3.8, 4) is 0 Å². The maximum absolute atomic E-state index is 13.7. The first-order valence-corrected chi connectivity index (χ1v) is 13.5. The molecule has 228 valence electrons. The molecular formula is C30H37BrN2O9. The van der Waals surface area contributed by atoms with Gasteiger partial charge in [-0.3, -0.25) is 0 Å². The third kappa shape index (κ3) is 7.81. The van der Waals surface area contributed by atoms with Gasteiger partial charge in [0.05, 0.1) is 34.5 Å². The molecule has 0 N–H and O–H groups in total. The lowest BCUT2D eigenvalue weighted by Crippen LogP contribution is -2.45. The number of ether oxygens (including phenoxy) is 5. The summed E-state index contributed by atoms with van der Waals surface area (Å²) in [5.41, 5.74) is -1.47. The number of hydrogen-bond acceptors (Lipinski definition) is 11. The molecule has 11 nitrogen and oxygen atoms in total. The van der Waals surface area contributed by atoms with Gasteiger partial charge in [-0.15, -0.1) is 0 Å². The van der Waals surface area contributed by atoms with Crippen LogP contribution in [-0.2, 0) is 42.9 Å². The van der Waals surface area contributed by atoms with E-state index in [0.29, 0.717) is 10.3 Å². The van der Waals surface area contributed by atoms with Crippen LogP contribution in [0.3, 0.4) is 0 Å². The highest BCUT2D eigenvalue weighted by molar-refractivity contribution is 9.10. The van der Waals surface area contributed by atoms with Crippen LogP contribution in [0.25, 0.3) is 5.76 Å². The van der Waals surface area contributed by atoms with Crippen LogP contribution in [0.2, 0.25) is 0 Å². The first kappa shape index (κ1) is 34.1. The van der Waals surface area contributed by atoms with E-state index in [1.165, 1.54) is 7.11 Å². The predicted molar refractivity (Wildman–Crippen MR) is 158 cm³/mol. The third-order valence-electron chi connectivity index (χ3n) is 5.90. The summed E-state index contributed by atoms with van der Waals surface area (Å²) in [6, 6.07) is 6.51. The van der Waals surface area contributed by atoms with Crippen LogP contribution in [0.15, 0.2) is 69.9 Å². The fourth-order valence-corrected chi connectivity index (χ4v) is 4.16. The van der Waals surface area contributed by atoms with Crippen LogP contribution in [0.5, 0.6) is 0 Å². The zero-order chi connectivity index (χ0) is 32.0. The summed E-state index contributed by atoms with van der Waals surface area (Å²) in [6.45, 7) is 11.6. The van der Waals surface area contributed by atoms with Gasteiger partial charge in [-0.05, 0) is 53.7 Å². The summed E-state index contributed by atoms with van der Waals surface area (Å²) in [6.07, 6.45) is 4.34. The van der Waals surface area contributed by atoms with Crippen LogP contribution in [-0.4, -0.2) is 73.2 Å². The van der Waals surface area contributed by atoms with E-state index >= 15 is 0 Å². The Balaban J connectivity index is 3.24. The molecule has 0 amide bonds. The van der Waals surface area contributed by atoms with Crippen molar-refractivity contribution in [3.63, 3.8) is 0 Å². The Labute approximate surface area is 254 Å². The zero-order valence-corrected chi connectivity index (χ0v) is 27.1. The summed E-state index contributed by atoms with van der Waals surface area (Å²) in [5.74, 6) is -4.40. The summed E-state index contributed by atoms with van der Waals surface area (Å²) >= 11 is 3.38. The van der Waals surface area contributed by atoms with Gasteiger partial charge in [0.25, 0.3) is 0 Å². The molecule has 1 heterocycles. The number of carbonyl (C=O) groups excluding carboxylic acids is 4. The number of carbonyl (C=O) groups is 4. The summed E-state index contributed by atoms with van der Waals surface area (Å²) in [7, 11) is 4.53. The van der Waals surface area contributed by atoms with Gasteiger partial charge in [-0.25, -0.2) is 19.2 Å². The van der Waals surface area contributed by atoms with Gasteiger partial charge in [-0.2, -0.15) is 0 Å². The van der Waals surface area contributed by atoms with E-state index in [2.05, 4.69) is 20.7 Å². The molecule has 12 heteroatoms. The van der Waals surface area contributed by atoms with Gasteiger partial charge in [0.2, 0.25) is 5.76 Å². The molecule has 0 aliphatic carbocycles. The molecule has 2 rings (SSSR count). The lowest BCUT2D eigenvalue weighted by molar-refractivity contribution is -0.141. The number of rotatable bonds is 8. The number of nitrogens with zero attached hydrogens (tertiary/aromatic N) is 2. The summed E-state index contributed by atoms with van der Waals surface area (Å²) in [4.78, 5) is 56.0. The van der Waals surface area contributed by atoms with Crippen LogP contribution in [0, 0.1) is 0 Å². The van der Waals surface area contributed by atoms with E-state index in [-0.39, 0.29) is 22.5 Å². The SMILES string of the molecule is COC(=O)/C=C(/O/C(=C(/C(=O)OC)C(C(=O)OC)=C1N(C(C)(C)C)C=CN1C(C)(C)C)c1ccc(Br)cc1)C(=O)OC. The summed E-state index contributed by atoms with van der Waals surface area (Å²) in [5, 5.41) is 0. The second-order valence-electron chi connectivity index (χ2n) is 10.9. The van der Waals surface area contributed by atoms with E-state index in [4.69, 9.17) is 18.9 Å². The molecule has 0 radical (unpaired) electrons. The van der Waals surface area contributed by atoms with Gasteiger partial charge >= 0.3 is 23.9 Å². The van der Waals surface area contributed by atoms with Crippen molar-refractivity contribution in [3.05, 3.63) is 75.5 Å². The lowest BCUT2D eigenvalue weighted by atomic mass is 9.96. The van der Waals surface area contributed by atoms with Crippen molar-refractivity contribution in [1.82, 2.24) is 9.80 Å². The van der Waals surface area contributed by atoms with Crippen molar-refractivity contribution < 1.29 is 42.9 Å². The second-order valence-corrected chi connectivity index (χ2v) is 11.8. The monoisotopic (exact) mass is 648 g/mol. The fourth-order valence-electron chi connectivity index (χ4n) is 3.89. The Morgan fingerprint density at radius 2 is 1.19 bits per heavy atom. The van der Waals surface area contributed by atoms with Crippen molar-refractivity contribution in [1.29, 1.82) is 0 Å². The van der Waals surface area contributed by atoms with E-state index in [9.17, 15) is 19.2 Å². The molecule has 0 spiro atoms. The molecule has 0 saturated carbocycles. The highest BCUT2D eigenvalue weighted by atomic mass is 79.9. The van der Waals surface area contributed by atoms with Gasteiger partial charge in [0, 0.05) is 33.5 Å². The van der Waals surface area contributed by atoms with Gasteiger partial charge < -0.3 is 33.5 Å². The Morgan fingerprint density at radius 3 is 1.60 bits per heavy atom.